The fourth-order valence-corrected chi connectivity index (χ4v) is 0.914. The first-order valence-electron chi connectivity index (χ1n) is 3.69. The Morgan fingerprint density at radius 1 is 1.46 bits per heavy atom. The maximum atomic E-state index is 12.9. The second-order valence-corrected chi connectivity index (χ2v) is 2.66. The van der Waals surface area contributed by atoms with Crippen molar-refractivity contribution in [2.45, 2.75) is 13.0 Å². The van der Waals surface area contributed by atoms with Crippen LogP contribution in [0.15, 0.2) is 18.2 Å². The van der Waals surface area contributed by atoms with Gasteiger partial charge >= 0.3 is 0 Å². The van der Waals surface area contributed by atoms with Crippen LogP contribution in [-0.4, -0.2) is 17.0 Å². The number of carbonyl (C=O) groups excluding carboxylic acids is 1. The lowest BCUT2D eigenvalue weighted by Crippen LogP contribution is -2.17. The molecule has 0 saturated carbocycles. The molecule has 70 valence electrons. The van der Waals surface area contributed by atoms with Crippen molar-refractivity contribution >= 4 is 5.78 Å². The number of halogens is 2. The van der Waals surface area contributed by atoms with E-state index in [-0.39, 0.29) is 5.56 Å². The molecule has 0 aliphatic rings. The van der Waals surface area contributed by atoms with Gasteiger partial charge in [-0.05, 0) is 19.1 Å². The van der Waals surface area contributed by atoms with Crippen LogP contribution in [0.2, 0.25) is 0 Å². The van der Waals surface area contributed by atoms with E-state index in [2.05, 4.69) is 0 Å². The molecule has 0 spiro atoms. The van der Waals surface area contributed by atoms with Crippen LogP contribution in [0.5, 0.6) is 0 Å². The molecule has 2 nitrogen and oxygen atoms in total. The molecular weight excluding hydrogens is 178 g/mol. The van der Waals surface area contributed by atoms with Crippen LogP contribution in [0.3, 0.4) is 0 Å². The Balaban J connectivity index is 3.09. The molecule has 13 heavy (non-hydrogen) atoms. The Kier molecular flexibility index (Phi) is 2.72. The first kappa shape index (κ1) is 9.80. The quantitative estimate of drug-likeness (QED) is 0.711. The third-order valence-electron chi connectivity index (χ3n) is 1.58. The van der Waals surface area contributed by atoms with Gasteiger partial charge in [-0.3, -0.25) is 4.79 Å². The van der Waals surface area contributed by atoms with Gasteiger partial charge in [0.2, 0.25) is 0 Å². The molecule has 1 atom stereocenters. The minimum atomic E-state index is -1.28. The van der Waals surface area contributed by atoms with Crippen LogP contribution < -0.4 is 0 Å². The number of hydrogen-bond acceptors (Lipinski definition) is 2. The minimum absolute atomic E-state index is 0.295. The van der Waals surface area contributed by atoms with E-state index >= 15 is 0 Å². The Labute approximate surface area is 73.8 Å². The van der Waals surface area contributed by atoms with Crippen molar-refractivity contribution in [1.29, 1.82) is 0 Å². The van der Waals surface area contributed by atoms with Crippen molar-refractivity contribution in [2.24, 2.45) is 0 Å². The standard InChI is InChI=1S/C9H8F2O2/c1-5(12)9(13)7-3-2-6(10)4-8(7)11/h2-5,12H,1H3. The van der Waals surface area contributed by atoms with Gasteiger partial charge in [0.25, 0.3) is 0 Å². The summed E-state index contributed by atoms with van der Waals surface area (Å²) in [6.07, 6.45) is -1.28. The number of ketones is 1. The highest BCUT2D eigenvalue weighted by atomic mass is 19.1. The summed E-state index contributed by atoms with van der Waals surface area (Å²) in [6, 6.07) is 2.59. The van der Waals surface area contributed by atoms with Gasteiger partial charge in [0, 0.05) is 6.07 Å². The van der Waals surface area contributed by atoms with Crippen molar-refractivity contribution in [3.05, 3.63) is 35.4 Å². The summed E-state index contributed by atoms with van der Waals surface area (Å²) in [5.74, 6) is -2.46. The van der Waals surface area contributed by atoms with Gasteiger partial charge in [-0.25, -0.2) is 8.78 Å². The van der Waals surface area contributed by atoms with Crippen molar-refractivity contribution < 1.29 is 18.7 Å². The normalized spacial score (nSPS) is 12.6. The zero-order chi connectivity index (χ0) is 10.0. The molecule has 0 saturated heterocycles. The average Bonchev–Trinajstić information content (AvgIpc) is 2.03. The number of aliphatic hydroxyl groups is 1. The summed E-state index contributed by atoms with van der Waals surface area (Å²) in [5, 5.41) is 8.86. The molecule has 0 aromatic heterocycles. The second kappa shape index (κ2) is 3.62. The number of hydrogen-bond donors (Lipinski definition) is 1. The predicted octanol–water partition coefficient (Wildman–Crippen LogP) is 1.53. The van der Waals surface area contributed by atoms with Gasteiger partial charge in [0.15, 0.2) is 5.78 Å². The highest BCUT2D eigenvalue weighted by Crippen LogP contribution is 2.11. The van der Waals surface area contributed by atoms with Crippen LogP contribution in [0.25, 0.3) is 0 Å². The maximum Gasteiger partial charge on any atom is 0.193 e. The first-order chi connectivity index (χ1) is 6.02. The lowest BCUT2D eigenvalue weighted by molar-refractivity contribution is 0.0775. The molecule has 1 N–H and O–H groups in total. The molecule has 1 unspecified atom stereocenters. The molecule has 0 aliphatic heterocycles. The van der Waals surface area contributed by atoms with E-state index in [9.17, 15) is 13.6 Å². The van der Waals surface area contributed by atoms with Crippen LogP contribution in [0.1, 0.15) is 17.3 Å². The van der Waals surface area contributed by atoms with Gasteiger partial charge in [0.05, 0.1) is 5.56 Å². The smallest absolute Gasteiger partial charge is 0.193 e. The van der Waals surface area contributed by atoms with Gasteiger partial charge < -0.3 is 5.11 Å². The van der Waals surface area contributed by atoms with Gasteiger partial charge in [0.1, 0.15) is 17.7 Å². The summed E-state index contributed by atoms with van der Waals surface area (Å²) in [5.41, 5.74) is -0.295. The van der Waals surface area contributed by atoms with Crippen LogP contribution >= 0.6 is 0 Å². The van der Waals surface area contributed by atoms with E-state index in [0.717, 1.165) is 12.1 Å². The average molecular weight is 186 g/mol. The predicted molar refractivity (Wildman–Crippen MR) is 42.4 cm³/mol. The molecule has 4 heteroatoms. The highest BCUT2D eigenvalue weighted by molar-refractivity contribution is 5.99. The maximum absolute atomic E-state index is 12.9. The number of Topliss-reactive ketones (excluding diaryl/α,β-unsaturated/α-hetero) is 1. The third-order valence-corrected chi connectivity index (χ3v) is 1.58. The Morgan fingerprint density at radius 3 is 2.54 bits per heavy atom. The van der Waals surface area contributed by atoms with Crippen molar-refractivity contribution in [1.82, 2.24) is 0 Å². The van der Waals surface area contributed by atoms with E-state index in [1.165, 1.54) is 6.92 Å². The number of aliphatic hydroxyl groups excluding tert-OH is 1. The molecule has 0 fully saturated rings. The van der Waals surface area contributed by atoms with E-state index < -0.39 is 23.5 Å². The molecule has 0 aliphatic carbocycles. The summed E-state index contributed by atoms with van der Waals surface area (Å²) < 4.78 is 25.3. The fraction of sp³-hybridized carbons (Fsp3) is 0.222. The van der Waals surface area contributed by atoms with Gasteiger partial charge in [-0.2, -0.15) is 0 Å². The van der Waals surface area contributed by atoms with Crippen LogP contribution in [-0.2, 0) is 0 Å². The van der Waals surface area contributed by atoms with Crippen molar-refractivity contribution in [3.63, 3.8) is 0 Å². The summed E-state index contributed by atoms with van der Waals surface area (Å²) in [7, 11) is 0. The lowest BCUT2D eigenvalue weighted by Gasteiger charge is -2.04. The highest BCUT2D eigenvalue weighted by Gasteiger charge is 2.16. The van der Waals surface area contributed by atoms with Crippen LogP contribution in [0, 0.1) is 11.6 Å². The van der Waals surface area contributed by atoms with E-state index in [0.29, 0.717) is 6.07 Å². The van der Waals surface area contributed by atoms with Crippen molar-refractivity contribution in [3.8, 4) is 0 Å². The lowest BCUT2D eigenvalue weighted by atomic mass is 10.1. The SMILES string of the molecule is CC(O)C(=O)c1ccc(F)cc1F. The Hall–Kier alpha value is -1.29. The molecule has 1 aromatic rings. The molecule has 0 bridgehead atoms. The molecule has 0 radical (unpaired) electrons. The van der Waals surface area contributed by atoms with E-state index in [1.807, 2.05) is 0 Å². The summed E-state index contributed by atoms with van der Waals surface area (Å²) in [6.45, 7) is 1.23. The zero-order valence-corrected chi connectivity index (χ0v) is 6.92. The van der Waals surface area contributed by atoms with Gasteiger partial charge in [-0.15, -0.1) is 0 Å². The Bertz CT molecular complexity index is 334. The summed E-state index contributed by atoms with van der Waals surface area (Å²) >= 11 is 0. The largest absolute Gasteiger partial charge is 0.385 e. The Morgan fingerprint density at radius 2 is 2.08 bits per heavy atom. The molecule has 1 aromatic carbocycles. The first-order valence-corrected chi connectivity index (χ1v) is 3.69. The minimum Gasteiger partial charge on any atom is -0.385 e. The second-order valence-electron chi connectivity index (χ2n) is 2.66. The molecule has 1 rings (SSSR count). The topological polar surface area (TPSA) is 37.3 Å². The number of carbonyl (C=O) groups is 1. The fourth-order valence-electron chi connectivity index (χ4n) is 0.914. The molecule has 0 heterocycles. The third kappa shape index (κ3) is 2.09. The zero-order valence-electron chi connectivity index (χ0n) is 6.92. The van der Waals surface area contributed by atoms with Crippen molar-refractivity contribution in [2.75, 3.05) is 0 Å². The molecular formula is C9H8F2O2. The molecule has 0 amide bonds. The number of rotatable bonds is 2. The van der Waals surface area contributed by atoms with E-state index in [4.69, 9.17) is 5.11 Å². The van der Waals surface area contributed by atoms with Gasteiger partial charge in [-0.1, -0.05) is 0 Å². The summed E-state index contributed by atoms with van der Waals surface area (Å²) in [4.78, 5) is 11.1. The number of benzene rings is 1. The monoisotopic (exact) mass is 186 g/mol. The van der Waals surface area contributed by atoms with Crippen LogP contribution in [0.4, 0.5) is 8.78 Å². The van der Waals surface area contributed by atoms with E-state index in [1.54, 1.807) is 0 Å².